The van der Waals surface area contributed by atoms with Crippen LogP contribution in [0, 0.1) is 0 Å². The highest BCUT2D eigenvalue weighted by molar-refractivity contribution is 7.79. The van der Waals surface area contributed by atoms with Crippen molar-refractivity contribution in [3.8, 4) is 0 Å². The van der Waals surface area contributed by atoms with Crippen molar-refractivity contribution in [3.05, 3.63) is 30.5 Å². The van der Waals surface area contributed by atoms with Gasteiger partial charge in [0.25, 0.3) is 0 Å². The molecule has 11 nitrogen and oxygen atoms in total. The molecule has 0 radical (unpaired) electrons. The first kappa shape index (κ1) is 20.5. The number of aromatic nitrogens is 2. The number of aliphatic hydroxyl groups is 1. The second-order valence-electron chi connectivity index (χ2n) is 4.01. The van der Waals surface area contributed by atoms with Gasteiger partial charge in [-0.15, -0.1) is 0 Å². The Balaban J connectivity index is 0.000000335. The predicted molar refractivity (Wildman–Crippen MR) is 87.6 cm³/mol. The molecule has 0 atom stereocenters. The number of nitrogen functional groups attached to an aromatic ring is 4. The normalized spacial score (nSPS) is 10.0. The van der Waals surface area contributed by atoms with Gasteiger partial charge in [-0.05, 0) is 12.1 Å². The van der Waals surface area contributed by atoms with E-state index in [0.717, 1.165) is 0 Å². The summed E-state index contributed by atoms with van der Waals surface area (Å²) < 4.78 is 33.0. The zero-order chi connectivity index (χ0) is 18.0. The van der Waals surface area contributed by atoms with E-state index in [1.165, 1.54) is 10.9 Å². The maximum Gasteiger partial charge on any atom is 0.394 e. The van der Waals surface area contributed by atoms with E-state index >= 15 is 0 Å². The lowest BCUT2D eigenvalue weighted by molar-refractivity contribution is 0.270. The van der Waals surface area contributed by atoms with Crippen molar-refractivity contribution >= 4 is 33.3 Å². The Bertz CT molecular complexity index is 674. The van der Waals surface area contributed by atoms with Crippen LogP contribution in [-0.2, 0) is 16.9 Å². The average molecular weight is 348 g/mol. The van der Waals surface area contributed by atoms with E-state index in [9.17, 15) is 0 Å². The highest BCUT2D eigenvalue weighted by Gasteiger charge is 2.00. The standard InChI is InChI=1S/C6H8N2.C5H10N4O.H2O4S/c7-5-3-1-2-4-6(5)8;6-4-3-8-9(1-2-10)5(4)7;1-5(2,3)4/h1-4H,7-8H2;3,10H,1-2,6-7H2;(H2,1,2,3,4). The molecule has 0 aliphatic carbocycles. The van der Waals surface area contributed by atoms with Gasteiger partial charge in [-0.1, -0.05) is 12.1 Å². The van der Waals surface area contributed by atoms with Crippen molar-refractivity contribution in [2.45, 2.75) is 6.54 Å². The Labute approximate surface area is 133 Å². The van der Waals surface area contributed by atoms with Crippen molar-refractivity contribution in [1.29, 1.82) is 0 Å². The molecular weight excluding hydrogens is 328 g/mol. The van der Waals surface area contributed by atoms with E-state index in [4.69, 9.17) is 45.6 Å². The SMILES string of the molecule is Nc1ccccc1N.Nc1cnn(CCO)c1N.O=S(=O)(O)O. The van der Waals surface area contributed by atoms with Crippen LogP contribution in [-0.4, -0.2) is 39.0 Å². The number of para-hydroxylation sites is 2. The van der Waals surface area contributed by atoms with Crippen LogP contribution in [0.3, 0.4) is 0 Å². The molecule has 0 unspecified atom stereocenters. The number of aliphatic hydroxyl groups excluding tert-OH is 1. The van der Waals surface area contributed by atoms with Crippen molar-refractivity contribution in [2.75, 3.05) is 29.5 Å². The van der Waals surface area contributed by atoms with Gasteiger partial charge < -0.3 is 28.0 Å². The van der Waals surface area contributed by atoms with Gasteiger partial charge in [-0.2, -0.15) is 13.5 Å². The van der Waals surface area contributed by atoms with Gasteiger partial charge in [-0.3, -0.25) is 9.11 Å². The van der Waals surface area contributed by atoms with E-state index in [0.29, 0.717) is 29.4 Å². The van der Waals surface area contributed by atoms with Crippen LogP contribution in [0.25, 0.3) is 0 Å². The third-order valence-electron chi connectivity index (χ3n) is 2.22. The summed E-state index contributed by atoms with van der Waals surface area (Å²) in [4.78, 5) is 0. The van der Waals surface area contributed by atoms with Gasteiger partial charge >= 0.3 is 10.4 Å². The smallest absolute Gasteiger partial charge is 0.394 e. The number of anilines is 4. The Kier molecular flexibility index (Phi) is 8.43. The molecule has 0 aliphatic heterocycles. The number of hydrogen-bond acceptors (Lipinski definition) is 8. The van der Waals surface area contributed by atoms with Gasteiger partial charge in [0.15, 0.2) is 0 Å². The van der Waals surface area contributed by atoms with E-state index in [1.54, 1.807) is 12.1 Å². The van der Waals surface area contributed by atoms with Crippen LogP contribution in [0.15, 0.2) is 30.5 Å². The molecule has 1 aromatic heterocycles. The molecule has 2 aromatic rings. The summed E-state index contributed by atoms with van der Waals surface area (Å²) in [5.41, 5.74) is 23.4. The lowest BCUT2D eigenvalue weighted by atomic mass is 10.3. The van der Waals surface area contributed by atoms with Crippen molar-refractivity contribution in [1.82, 2.24) is 9.78 Å². The molecule has 0 spiro atoms. The first-order valence-corrected chi connectivity index (χ1v) is 7.43. The zero-order valence-corrected chi connectivity index (χ0v) is 12.9. The van der Waals surface area contributed by atoms with Crippen molar-refractivity contribution in [3.63, 3.8) is 0 Å². The highest BCUT2D eigenvalue weighted by atomic mass is 32.3. The summed E-state index contributed by atoms with van der Waals surface area (Å²) in [5.74, 6) is 0.411. The molecule has 0 saturated heterocycles. The third kappa shape index (κ3) is 9.92. The second kappa shape index (κ2) is 9.47. The molecule has 2 rings (SSSR count). The van der Waals surface area contributed by atoms with Gasteiger partial charge in [0.2, 0.25) is 0 Å². The van der Waals surface area contributed by atoms with Crippen molar-refractivity contribution < 1.29 is 22.6 Å². The zero-order valence-electron chi connectivity index (χ0n) is 12.1. The fourth-order valence-corrected chi connectivity index (χ4v) is 1.19. The minimum Gasteiger partial charge on any atom is -0.397 e. The Morgan fingerprint density at radius 1 is 1.00 bits per heavy atom. The van der Waals surface area contributed by atoms with Crippen LogP contribution in [0.5, 0.6) is 0 Å². The molecule has 130 valence electrons. The fraction of sp³-hybridized carbons (Fsp3) is 0.182. The quantitative estimate of drug-likeness (QED) is 0.265. The predicted octanol–water partition coefficient (Wildman–Crippen LogP) is -0.762. The van der Waals surface area contributed by atoms with Gasteiger partial charge in [-0.25, -0.2) is 4.68 Å². The van der Waals surface area contributed by atoms with Gasteiger partial charge in [0, 0.05) is 0 Å². The number of rotatable bonds is 2. The van der Waals surface area contributed by atoms with Crippen LogP contribution in [0.2, 0.25) is 0 Å². The molecular formula is C11H20N6O5S. The molecule has 1 heterocycles. The molecule has 0 amide bonds. The maximum absolute atomic E-state index is 8.74. The fourth-order valence-electron chi connectivity index (χ4n) is 1.19. The minimum absolute atomic E-state index is 0.0192. The first-order valence-electron chi connectivity index (χ1n) is 6.03. The number of nitrogens with two attached hydrogens (primary N) is 4. The molecule has 12 heteroatoms. The highest BCUT2D eigenvalue weighted by Crippen LogP contribution is 2.11. The summed E-state index contributed by atoms with van der Waals surface area (Å²) in [7, 11) is -4.67. The summed E-state index contributed by atoms with van der Waals surface area (Å²) in [6.07, 6.45) is 1.46. The summed E-state index contributed by atoms with van der Waals surface area (Å²) in [5, 5.41) is 12.3. The Morgan fingerprint density at radius 3 is 1.70 bits per heavy atom. The molecule has 23 heavy (non-hydrogen) atoms. The second-order valence-corrected chi connectivity index (χ2v) is 4.90. The summed E-state index contributed by atoms with van der Waals surface area (Å²) in [6, 6.07) is 7.25. The van der Waals surface area contributed by atoms with Crippen LogP contribution in [0.4, 0.5) is 22.9 Å². The summed E-state index contributed by atoms with van der Waals surface area (Å²) >= 11 is 0. The van der Waals surface area contributed by atoms with E-state index < -0.39 is 10.4 Å². The monoisotopic (exact) mass is 348 g/mol. The van der Waals surface area contributed by atoms with E-state index in [-0.39, 0.29) is 6.61 Å². The first-order chi connectivity index (χ1) is 10.6. The lowest BCUT2D eigenvalue weighted by Crippen LogP contribution is -2.07. The van der Waals surface area contributed by atoms with Crippen LogP contribution < -0.4 is 22.9 Å². The Hall–Kier alpha value is -2.54. The van der Waals surface area contributed by atoms with Crippen LogP contribution in [0.1, 0.15) is 0 Å². The van der Waals surface area contributed by atoms with Gasteiger partial charge in [0.1, 0.15) is 5.82 Å². The number of benzene rings is 1. The lowest BCUT2D eigenvalue weighted by Gasteiger charge is -1.99. The van der Waals surface area contributed by atoms with E-state index in [2.05, 4.69) is 5.10 Å². The molecule has 0 bridgehead atoms. The molecule has 11 N–H and O–H groups in total. The molecule has 0 fully saturated rings. The summed E-state index contributed by atoms with van der Waals surface area (Å²) in [6.45, 7) is 0.411. The molecule has 1 aromatic carbocycles. The average Bonchev–Trinajstić information content (AvgIpc) is 2.74. The van der Waals surface area contributed by atoms with Gasteiger partial charge in [0.05, 0.1) is 36.4 Å². The minimum atomic E-state index is -4.67. The van der Waals surface area contributed by atoms with E-state index in [1.807, 2.05) is 12.1 Å². The van der Waals surface area contributed by atoms with Crippen LogP contribution >= 0.6 is 0 Å². The number of nitrogens with zero attached hydrogens (tertiary/aromatic N) is 2. The molecule has 0 saturated carbocycles. The van der Waals surface area contributed by atoms with Crippen molar-refractivity contribution in [2.24, 2.45) is 0 Å². The third-order valence-corrected chi connectivity index (χ3v) is 2.22. The molecule has 0 aliphatic rings. The number of hydrogen-bond donors (Lipinski definition) is 7. The maximum atomic E-state index is 8.74. The Morgan fingerprint density at radius 2 is 1.43 bits per heavy atom. The largest absolute Gasteiger partial charge is 0.397 e. The topological polar surface area (TPSA) is 217 Å².